The van der Waals surface area contributed by atoms with E-state index in [-0.39, 0.29) is 6.04 Å². The number of aryl methyl sites for hydroxylation is 1. The van der Waals surface area contributed by atoms with E-state index in [0.29, 0.717) is 5.92 Å². The van der Waals surface area contributed by atoms with Gasteiger partial charge in [0.2, 0.25) is 0 Å². The molecule has 98 valence electrons. The van der Waals surface area contributed by atoms with Gasteiger partial charge in [0.1, 0.15) is 0 Å². The molecule has 0 aromatic heterocycles. The van der Waals surface area contributed by atoms with Gasteiger partial charge in [0.15, 0.2) is 0 Å². The van der Waals surface area contributed by atoms with Crippen LogP contribution < -0.4 is 5.73 Å². The normalized spacial score (nSPS) is 22.0. The molecule has 0 fully saturated rings. The monoisotopic (exact) mass is 271 g/mol. The van der Waals surface area contributed by atoms with Crippen molar-refractivity contribution in [1.82, 2.24) is 0 Å². The van der Waals surface area contributed by atoms with Gasteiger partial charge in [0.25, 0.3) is 0 Å². The molecular formula is C17H18ClN. The van der Waals surface area contributed by atoms with E-state index >= 15 is 0 Å². The van der Waals surface area contributed by atoms with Crippen LogP contribution in [-0.2, 0) is 12.8 Å². The first-order valence-corrected chi connectivity index (χ1v) is 7.19. The molecule has 0 saturated carbocycles. The highest BCUT2D eigenvalue weighted by Gasteiger charge is 2.27. The lowest BCUT2D eigenvalue weighted by atomic mass is 9.76. The molecule has 0 radical (unpaired) electrons. The maximum absolute atomic E-state index is 6.35. The smallest absolute Gasteiger partial charge is 0.0409 e. The molecule has 2 heteroatoms. The molecule has 1 nitrogen and oxygen atoms in total. The molecule has 0 heterocycles. The molecule has 3 rings (SSSR count). The summed E-state index contributed by atoms with van der Waals surface area (Å²) in [6, 6.07) is 17.0. The first-order valence-electron chi connectivity index (χ1n) is 6.82. The molecule has 0 unspecified atom stereocenters. The fraction of sp³-hybridized carbons (Fsp3) is 0.294. The third-order valence-electron chi connectivity index (χ3n) is 4.07. The predicted molar refractivity (Wildman–Crippen MR) is 80.6 cm³/mol. The Morgan fingerprint density at radius 3 is 2.68 bits per heavy atom. The van der Waals surface area contributed by atoms with Gasteiger partial charge < -0.3 is 5.73 Å². The number of hydrogen-bond acceptors (Lipinski definition) is 1. The minimum atomic E-state index is 0.228. The topological polar surface area (TPSA) is 26.0 Å². The zero-order valence-electron chi connectivity index (χ0n) is 10.9. The average Bonchev–Trinajstić information content (AvgIpc) is 2.43. The van der Waals surface area contributed by atoms with Crippen LogP contribution >= 0.6 is 11.6 Å². The Balaban J connectivity index is 1.94. The molecule has 0 aliphatic heterocycles. The van der Waals surface area contributed by atoms with Crippen LogP contribution in [0.4, 0.5) is 0 Å². The zero-order chi connectivity index (χ0) is 13.2. The average molecular weight is 272 g/mol. The van der Waals surface area contributed by atoms with Gasteiger partial charge in [-0.3, -0.25) is 0 Å². The summed E-state index contributed by atoms with van der Waals surface area (Å²) in [5.74, 6) is 0.379. The summed E-state index contributed by atoms with van der Waals surface area (Å²) in [6.07, 6.45) is 3.13. The third-order valence-corrected chi connectivity index (χ3v) is 4.30. The second kappa shape index (κ2) is 5.36. The molecule has 1 aliphatic rings. The van der Waals surface area contributed by atoms with Gasteiger partial charge >= 0.3 is 0 Å². The maximum Gasteiger partial charge on any atom is 0.0409 e. The third kappa shape index (κ3) is 2.68. The van der Waals surface area contributed by atoms with Gasteiger partial charge in [-0.15, -0.1) is 0 Å². The molecule has 0 bridgehead atoms. The summed E-state index contributed by atoms with van der Waals surface area (Å²) >= 11 is 6.15. The first kappa shape index (κ1) is 12.7. The van der Waals surface area contributed by atoms with E-state index in [1.807, 2.05) is 6.07 Å². The molecular weight excluding hydrogens is 254 g/mol. The second-order valence-electron chi connectivity index (χ2n) is 5.34. The lowest BCUT2D eigenvalue weighted by Gasteiger charge is -2.31. The summed E-state index contributed by atoms with van der Waals surface area (Å²) in [7, 11) is 0. The number of nitrogens with two attached hydrogens (primary N) is 1. The van der Waals surface area contributed by atoms with Gasteiger partial charge in [-0.1, -0.05) is 48.0 Å². The number of halogens is 1. The summed E-state index contributed by atoms with van der Waals surface area (Å²) in [6.45, 7) is 0. The highest BCUT2D eigenvalue weighted by Crippen LogP contribution is 2.35. The molecule has 2 N–H and O–H groups in total. The van der Waals surface area contributed by atoms with Crippen molar-refractivity contribution < 1.29 is 0 Å². The van der Waals surface area contributed by atoms with E-state index in [9.17, 15) is 0 Å². The number of hydrogen-bond donors (Lipinski definition) is 1. The summed E-state index contributed by atoms with van der Waals surface area (Å²) in [5.41, 5.74) is 10.4. The van der Waals surface area contributed by atoms with E-state index in [1.165, 1.54) is 16.7 Å². The molecule has 2 atom stereocenters. The van der Waals surface area contributed by atoms with Crippen LogP contribution in [-0.4, -0.2) is 6.04 Å². The van der Waals surface area contributed by atoms with Crippen molar-refractivity contribution >= 4 is 11.6 Å². The van der Waals surface area contributed by atoms with Crippen LogP contribution in [0.1, 0.15) is 29.0 Å². The SMILES string of the molecule is N[C@@H]1CCc2ccc(Cl)cc2[C@@H]1Cc1ccccc1. The van der Waals surface area contributed by atoms with Crippen LogP contribution in [0, 0.1) is 0 Å². The van der Waals surface area contributed by atoms with Gasteiger partial charge in [-0.25, -0.2) is 0 Å². The van der Waals surface area contributed by atoms with E-state index in [0.717, 1.165) is 24.3 Å². The molecule has 0 amide bonds. The highest BCUT2D eigenvalue weighted by atomic mass is 35.5. The van der Waals surface area contributed by atoms with Crippen LogP contribution in [0.15, 0.2) is 48.5 Å². The Morgan fingerprint density at radius 1 is 1.11 bits per heavy atom. The van der Waals surface area contributed by atoms with Crippen molar-refractivity contribution in [3.63, 3.8) is 0 Å². The van der Waals surface area contributed by atoms with Crippen LogP contribution in [0.5, 0.6) is 0 Å². The molecule has 0 saturated heterocycles. The summed E-state index contributed by atoms with van der Waals surface area (Å²) in [4.78, 5) is 0. The lowest BCUT2D eigenvalue weighted by molar-refractivity contribution is 0.467. The Morgan fingerprint density at radius 2 is 1.89 bits per heavy atom. The van der Waals surface area contributed by atoms with E-state index in [4.69, 9.17) is 17.3 Å². The Labute approximate surface area is 119 Å². The molecule has 0 spiro atoms. The Kier molecular flexibility index (Phi) is 3.58. The summed E-state index contributed by atoms with van der Waals surface area (Å²) < 4.78 is 0. The van der Waals surface area contributed by atoms with Gasteiger partial charge in [-0.05, 0) is 48.1 Å². The number of benzene rings is 2. The van der Waals surface area contributed by atoms with Crippen molar-refractivity contribution in [2.75, 3.05) is 0 Å². The van der Waals surface area contributed by atoms with E-state index < -0.39 is 0 Å². The van der Waals surface area contributed by atoms with Gasteiger partial charge in [0.05, 0.1) is 0 Å². The van der Waals surface area contributed by atoms with Crippen LogP contribution in [0.2, 0.25) is 5.02 Å². The highest BCUT2D eigenvalue weighted by molar-refractivity contribution is 6.30. The fourth-order valence-corrected chi connectivity index (χ4v) is 3.20. The Hall–Kier alpha value is -1.31. The van der Waals surface area contributed by atoms with Crippen LogP contribution in [0.25, 0.3) is 0 Å². The second-order valence-corrected chi connectivity index (χ2v) is 5.78. The molecule has 19 heavy (non-hydrogen) atoms. The molecule has 2 aromatic carbocycles. The maximum atomic E-state index is 6.35. The van der Waals surface area contributed by atoms with Gasteiger partial charge in [0, 0.05) is 17.0 Å². The largest absolute Gasteiger partial charge is 0.327 e. The fourth-order valence-electron chi connectivity index (χ4n) is 3.02. The molecule has 1 aliphatic carbocycles. The van der Waals surface area contributed by atoms with E-state index in [1.54, 1.807) is 0 Å². The minimum absolute atomic E-state index is 0.228. The van der Waals surface area contributed by atoms with Crippen LogP contribution in [0.3, 0.4) is 0 Å². The predicted octanol–water partition coefficient (Wildman–Crippen LogP) is 3.94. The van der Waals surface area contributed by atoms with Crippen molar-refractivity contribution in [1.29, 1.82) is 0 Å². The lowest BCUT2D eigenvalue weighted by Crippen LogP contribution is -2.34. The van der Waals surface area contributed by atoms with Crippen molar-refractivity contribution in [2.45, 2.75) is 31.2 Å². The van der Waals surface area contributed by atoms with Crippen molar-refractivity contribution in [3.8, 4) is 0 Å². The number of fused-ring (bicyclic) bond motifs is 1. The standard InChI is InChI=1S/C17H18ClN/c18-14-8-6-13-7-9-17(19)16(15(13)11-14)10-12-4-2-1-3-5-12/h1-6,8,11,16-17H,7,9-10,19H2/t16-,17+/m0/s1. The quantitative estimate of drug-likeness (QED) is 0.880. The Bertz CT molecular complexity index is 565. The summed E-state index contributed by atoms with van der Waals surface area (Å²) in [5, 5.41) is 0.811. The van der Waals surface area contributed by atoms with Crippen molar-refractivity contribution in [2.24, 2.45) is 5.73 Å². The zero-order valence-corrected chi connectivity index (χ0v) is 11.6. The minimum Gasteiger partial charge on any atom is -0.327 e. The number of rotatable bonds is 2. The molecule has 2 aromatic rings. The van der Waals surface area contributed by atoms with Gasteiger partial charge in [-0.2, -0.15) is 0 Å². The van der Waals surface area contributed by atoms with Crippen molar-refractivity contribution in [3.05, 3.63) is 70.2 Å². The first-order chi connectivity index (χ1) is 9.24. The van der Waals surface area contributed by atoms with E-state index in [2.05, 4.69) is 42.5 Å².